The first-order valence-electron chi connectivity index (χ1n) is 5.64. The number of hydrogen-bond acceptors (Lipinski definition) is 7. The molecule has 7 nitrogen and oxygen atoms in total. The molecule has 1 N–H and O–H groups in total. The summed E-state index contributed by atoms with van der Waals surface area (Å²) in [5, 5.41) is 9.57. The molecule has 2 atom stereocenters. The van der Waals surface area contributed by atoms with Gasteiger partial charge in [0.25, 0.3) is 10.1 Å². The molecule has 0 unspecified atom stereocenters. The molecule has 0 spiro atoms. The summed E-state index contributed by atoms with van der Waals surface area (Å²) >= 11 is 0. The van der Waals surface area contributed by atoms with Crippen molar-refractivity contribution in [1.29, 1.82) is 0 Å². The molecule has 0 aromatic carbocycles. The van der Waals surface area contributed by atoms with Gasteiger partial charge in [-0.1, -0.05) is 0 Å². The van der Waals surface area contributed by atoms with Gasteiger partial charge >= 0.3 is 13.0 Å². The number of rotatable bonds is 4. The third kappa shape index (κ3) is 4.23. The highest BCUT2D eigenvalue weighted by Crippen LogP contribution is 2.22. The Morgan fingerprint density at radius 2 is 2.11 bits per heavy atom. The van der Waals surface area contributed by atoms with Gasteiger partial charge in [-0.25, -0.2) is 0 Å². The third-order valence-corrected chi connectivity index (χ3v) is 3.48. The molecule has 1 aliphatic heterocycles. The van der Waals surface area contributed by atoms with Gasteiger partial charge in [0.05, 0.1) is 19.5 Å². The van der Waals surface area contributed by atoms with Crippen LogP contribution in [0.4, 0.5) is 0 Å². The van der Waals surface area contributed by atoms with Crippen molar-refractivity contribution in [2.75, 3.05) is 19.9 Å². The molecule has 1 heterocycles. The summed E-state index contributed by atoms with van der Waals surface area (Å²) < 4.78 is 31.7. The highest BCUT2D eigenvalue weighted by Gasteiger charge is 2.38. The zero-order chi connectivity index (χ0) is 13.9. The van der Waals surface area contributed by atoms with Crippen molar-refractivity contribution in [1.82, 2.24) is 4.81 Å². The molecule has 0 aliphatic carbocycles. The lowest BCUT2D eigenvalue weighted by Crippen LogP contribution is -2.55. The van der Waals surface area contributed by atoms with Gasteiger partial charge in [0.2, 0.25) is 0 Å². The van der Waals surface area contributed by atoms with E-state index in [1.807, 2.05) is 0 Å². The molecule has 1 rings (SSSR count). The maximum Gasteiger partial charge on any atom is 0.377 e. The number of esters is 1. The summed E-state index contributed by atoms with van der Waals surface area (Å²) in [6.45, 7) is 1.92. The summed E-state index contributed by atoms with van der Waals surface area (Å²) in [5.74, 6) is -0.502. The molecule has 0 saturated carbocycles. The zero-order valence-corrected chi connectivity index (χ0v) is 11.5. The van der Waals surface area contributed by atoms with Gasteiger partial charge in [-0.15, -0.1) is 0 Å². The normalized spacial score (nSPS) is 25.8. The van der Waals surface area contributed by atoms with Crippen LogP contribution in [0, 0.1) is 0 Å². The lowest BCUT2D eigenvalue weighted by atomic mass is 9.79. The fraction of sp³-hybridized carbons (Fsp3) is 0.889. The van der Waals surface area contributed by atoms with Crippen molar-refractivity contribution < 1.29 is 27.2 Å². The van der Waals surface area contributed by atoms with Gasteiger partial charge in [-0.05, 0) is 19.8 Å². The van der Waals surface area contributed by atoms with Gasteiger partial charge in [0.1, 0.15) is 6.04 Å². The molecule has 9 heteroatoms. The van der Waals surface area contributed by atoms with Crippen LogP contribution in [-0.4, -0.2) is 63.3 Å². The van der Waals surface area contributed by atoms with Crippen LogP contribution in [0.1, 0.15) is 12.8 Å². The van der Waals surface area contributed by atoms with Gasteiger partial charge in [0.15, 0.2) is 0 Å². The molecule has 1 fully saturated rings. The van der Waals surface area contributed by atoms with E-state index in [2.05, 4.69) is 4.74 Å². The third-order valence-electron chi connectivity index (χ3n) is 2.86. The zero-order valence-electron chi connectivity index (χ0n) is 10.7. The van der Waals surface area contributed by atoms with Crippen molar-refractivity contribution in [2.45, 2.75) is 31.8 Å². The highest BCUT2D eigenvalue weighted by molar-refractivity contribution is 7.86. The van der Waals surface area contributed by atoms with Crippen LogP contribution in [0.5, 0.6) is 0 Å². The first kappa shape index (κ1) is 15.4. The van der Waals surface area contributed by atoms with E-state index in [0.29, 0.717) is 13.0 Å². The van der Waals surface area contributed by atoms with Crippen LogP contribution in [-0.2, 0) is 23.8 Å². The van der Waals surface area contributed by atoms with Crippen LogP contribution >= 0.6 is 0 Å². The fourth-order valence-corrected chi connectivity index (χ4v) is 2.77. The van der Waals surface area contributed by atoms with E-state index in [1.54, 1.807) is 11.6 Å². The minimum Gasteiger partial charge on any atom is -0.468 e. The second kappa shape index (κ2) is 6.00. The summed E-state index contributed by atoms with van der Waals surface area (Å²) in [7, 11) is -3.09. The Hall–Kier alpha value is -0.635. The number of nitrogens with zero attached hydrogens (tertiary/aromatic N) is 1. The average molecular weight is 279 g/mol. The fourth-order valence-electron chi connectivity index (χ4n) is 2.10. The summed E-state index contributed by atoms with van der Waals surface area (Å²) in [6.07, 6.45) is 1.04. The van der Waals surface area contributed by atoms with Crippen LogP contribution in [0.25, 0.3) is 0 Å². The lowest BCUT2D eigenvalue weighted by molar-refractivity contribution is -0.147. The van der Waals surface area contributed by atoms with Crippen LogP contribution in [0.3, 0.4) is 0 Å². The standard InChI is InChI=1S/C9H18BNO6S/c1-10(13)11-5-4-7(17-18(3,14)15)6-8(11)9(12)16-2/h7-8,13H,4-6H2,1-3H3/t7-,8+/m0/s1. The highest BCUT2D eigenvalue weighted by atomic mass is 32.2. The Labute approximate surface area is 107 Å². The minimum atomic E-state index is -3.55. The second-order valence-electron chi connectivity index (χ2n) is 4.36. The second-order valence-corrected chi connectivity index (χ2v) is 5.96. The van der Waals surface area contributed by atoms with Gasteiger partial charge in [-0.2, -0.15) is 8.42 Å². The van der Waals surface area contributed by atoms with Gasteiger partial charge in [-0.3, -0.25) is 8.98 Å². The Bertz CT molecular complexity index is 398. The molecule has 0 amide bonds. The van der Waals surface area contributed by atoms with E-state index in [-0.39, 0.29) is 6.42 Å². The molecule has 0 bridgehead atoms. The minimum absolute atomic E-state index is 0.185. The largest absolute Gasteiger partial charge is 0.468 e. The molecular formula is C9H18BNO6S. The topological polar surface area (TPSA) is 93.1 Å². The Balaban J connectivity index is 2.76. The number of hydrogen-bond donors (Lipinski definition) is 1. The smallest absolute Gasteiger partial charge is 0.377 e. The number of methoxy groups -OCH3 is 1. The van der Waals surface area contributed by atoms with E-state index in [1.165, 1.54) is 7.11 Å². The maximum atomic E-state index is 11.6. The Kier molecular flexibility index (Phi) is 5.15. The van der Waals surface area contributed by atoms with Crippen LogP contribution in [0.2, 0.25) is 6.82 Å². The molecule has 0 aromatic rings. The van der Waals surface area contributed by atoms with Crippen molar-refractivity contribution in [3.05, 3.63) is 0 Å². The molecular weight excluding hydrogens is 261 g/mol. The van der Waals surface area contributed by atoms with Crippen LogP contribution in [0.15, 0.2) is 0 Å². The van der Waals surface area contributed by atoms with E-state index < -0.39 is 35.3 Å². The first-order valence-corrected chi connectivity index (χ1v) is 7.46. The monoisotopic (exact) mass is 279 g/mol. The summed E-state index contributed by atoms with van der Waals surface area (Å²) in [5.41, 5.74) is 0. The van der Waals surface area contributed by atoms with E-state index in [9.17, 15) is 18.2 Å². The quantitative estimate of drug-likeness (QED) is 0.404. The molecule has 18 heavy (non-hydrogen) atoms. The summed E-state index contributed by atoms with van der Waals surface area (Å²) in [4.78, 5) is 13.2. The number of piperidine rings is 1. The summed E-state index contributed by atoms with van der Waals surface area (Å²) in [6, 6.07) is -0.685. The van der Waals surface area contributed by atoms with Gasteiger partial charge in [0, 0.05) is 6.42 Å². The van der Waals surface area contributed by atoms with E-state index >= 15 is 0 Å². The predicted molar refractivity (Wildman–Crippen MR) is 65.3 cm³/mol. The average Bonchev–Trinajstić information content (AvgIpc) is 2.25. The first-order chi connectivity index (χ1) is 8.24. The molecule has 1 aliphatic rings. The van der Waals surface area contributed by atoms with E-state index in [0.717, 1.165) is 6.26 Å². The molecule has 0 radical (unpaired) electrons. The van der Waals surface area contributed by atoms with Gasteiger partial charge < -0.3 is 14.6 Å². The van der Waals surface area contributed by atoms with Crippen molar-refractivity contribution >= 4 is 23.1 Å². The van der Waals surface area contributed by atoms with Crippen molar-refractivity contribution in [2.24, 2.45) is 0 Å². The SMILES string of the molecule is COC(=O)[C@H]1C[C@@H](OS(C)(=O)=O)CCN1B(C)O. The van der Waals surface area contributed by atoms with Crippen molar-refractivity contribution in [3.63, 3.8) is 0 Å². The predicted octanol–water partition coefficient (Wildman–Crippen LogP) is -0.921. The van der Waals surface area contributed by atoms with Crippen LogP contribution < -0.4 is 0 Å². The number of carbonyl (C=O) groups is 1. The maximum absolute atomic E-state index is 11.6. The molecule has 104 valence electrons. The Morgan fingerprint density at radius 3 is 2.56 bits per heavy atom. The number of ether oxygens (including phenoxy) is 1. The molecule has 1 saturated heterocycles. The lowest BCUT2D eigenvalue weighted by Gasteiger charge is -2.37. The van der Waals surface area contributed by atoms with E-state index in [4.69, 9.17) is 4.18 Å². The molecule has 0 aromatic heterocycles. The Morgan fingerprint density at radius 1 is 1.50 bits per heavy atom. The number of carbonyl (C=O) groups excluding carboxylic acids is 1. The van der Waals surface area contributed by atoms with Crippen molar-refractivity contribution in [3.8, 4) is 0 Å².